The maximum absolute atomic E-state index is 12.6. The maximum Gasteiger partial charge on any atom is 0.255 e. The van der Waals surface area contributed by atoms with E-state index in [0.29, 0.717) is 5.56 Å². The van der Waals surface area contributed by atoms with Crippen molar-refractivity contribution in [1.82, 2.24) is 0 Å². The highest BCUT2D eigenvalue weighted by Gasteiger charge is 2.12. The number of nitrogens with one attached hydrogen (secondary N) is 1. The summed E-state index contributed by atoms with van der Waals surface area (Å²) in [4.78, 5) is 12.6. The number of rotatable bonds is 3. The highest BCUT2D eigenvalue weighted by atomic mass is 16.1. The zero-order valence-electron chi connectivity index (χ0n) is 16.7. The molecule has 4 nitrogen and oxygen atoms in total. The summed E-state index contributed by atoms with van der Waals surface area (Å²) < 4.78 is 0. The fourth-order valence-electron chi connectivity index (χ4n) is 4.50. The lowest BCUT2D eigenvalue weighted by Crippen LogP contribution is -2.20. The Morgan fingerprint density at radius 2 is 1.77 bits per heavy atom. The molecule has 0 aromatic heterocycles. The van der Waals surface area contributed by atoms with E-state index in [2.05, 4.69) is 46.8 Å². The molecule has 0 bridgehead atoms. The number of benzene rings is 3. The molecule has 3 aromatic carbocycles. The lowest BCUT2D eigenvalue weighted by molar-refractivity contribution is 0.102. The number of amides is 1. The lowest BCUT2D eigenvalue weighted by Gasteiger charge is -2.16. The molecule has 2 aliphatic rings. The van der Waals surface area contributed by atoms with Crippen LogP contribution in [0.3, 0.4) is 0 Å². The van der Waals surface area contributed by atoms with Crippen molar-refractivity contribution in [3.8, 4) is 0 Å². The van der Waals surface area contributed by atoms with E-state index in [1.807, 2.05) is 18.2 Å². The topological polar surface area (TPSA) is 67.5 Å². The van der Waals surface area contributed by atoms with Crippen LogP contribution in [0.25, 0.3) is 12.2 Å². The van der Waals surface area contributed by atoms with Crippen molar-refractivity contribution in [2.24, 2.45) is 10.9 Å². The summed E-state index contributed by atoms with van der Waals surface area (Å²) in [5, 5.41) is 11.7. The predicted octanol–water partition coefficient (Wildman–Crippen LogP) is 2.97. The maximum atomic E-state index is 12.6. The second-order valence-electron chi connectivity index (χ2n) is 7.82. The minimum atomic E-state index is -0.132. The average Bonchev–Trinajstić information content (AvgIpc) is 2.79. The van der Waals surface area contributed by atoms with Gasteiger partial charge in [0.15, 0.2) is 0 Å². The van der Waals surface area contributed by atoms with Crippen LogP contribution >= 0.6 is 0 Å². The zero-order chi connectivity index (χ0) is 20.5. The van der Waals surface area contributed by atoms with Gasteiger partial charge in [-0.05, 0) is 87.5 Å². The van der Waals surface area contributed by atoms with Crippen LogP contribution in [0.2, 0.25) is 0 Å². The van der Waals surface area contributed by atoms with Crippen molar-refractivity contribution >= 4 is 30.0 Å². The number of carbonyl (C=O) groups is 1. The largest absolute Gasteiger partial charge is 0.323 e. The van der Waals surface area contributed by atoms with E-state index in [9.17, 15) is 4.79 Å². The van der Waals surface area contributed by atoms with Gasteiger partial charge in [0.25, 0.3) is 5.91 Å². The first-order valence-corrected chi connectivity index (χ1v) is 10.3. The van der Waals surface area contributed by atoms with Gasteiger partial charge in [-0.15, -0.1) is 0 Å². The van der Waals surface area contributed by atoms with Crippen LogP contribution < -0.4 is 21.6 Å². The number of nitrogens with two attached hydrogens (primary N) is 1. The Kier molecular flexibility index (Phi) is 4.68. The Bertz CT molecular complexity index is 1390. The summed E-state index contributed by atoms with van der Waals surface area (Å²) in [5.74, 6) is 5.03. The molecule has 30 heavy (non-hydrogen) atoms. The van der Waals surface area contributed by atoms with Gasteiger partial charge < -0.3 is 11.2 Å². The summed E-state index contributed by atoms with van der Waals surface area (Å²) in [5.41, 5.74) is 5.24. The summed E-state index contributed by atoms with van der Waals surface area (Å²) in [6.07, 6.45) is 10.7. The average molecular weight is 393 g/mol. The fourth-order valence-corrected chi connectivity index (χ4v) is 4.50. The minimum Gasteiger partial charge on any atom is -0.323 e. The molecular formula is C26H23N3O. The molecular weight excluding hydrogens is 370 g/mol. The molecule has 0 fully saturated rings. The third-order valence-electron chi connectivity index (χ3n) is 5.98. The van der Waals surface area contributed by atoms with Gasteiger partial charge in [0.2, 0.25) is 0 Å². The molecule has 3 N–H and O–H groups in total. The highest BCUT2D eigenvalue weighted by molar-refractivity contribution is 6.04. The molecule has 0 heterocycles. The fraction of sp³-hybridized carbons (Fsp3) is 0.154. The van der Waals surface area contributed by atoms with Crippen LogP contribution in [0.4, 0.5) is 5.69 Å². The molecule has 0 saturated carbocycles. The second kappa shape index (κ2) is 7.64. The van der Waals surface area contributed by atoms with E-state index < -0.39 is 0 Å². The number of hydrogen-bond donors (Lipinski definition) is 2. The van der Waals surface area contributed by atoms with Crippen molar-refractivity contribution in [3.05, 3.63) is 97.7 Å². The number of hydrazone groups is 1. The van der Waals surface area contributed by atoms with E-state index in [4.69, 9.17) is 5.84 Å². The molecule has 0 spiro atoms. The van der Waals surface area contributed by atoms with Crippen molar-refractivity contribution < 1.29 is 4.79 Å². The molecule has 0 radical (unpaired) electrons. The summed E-state index contributed by atoms with van der Waals surface area (Å²) in [6, 6.07) is 17.9. The smallest absolute Gasteiger partial charge is 0.255 e. The first kappa shape index (κ1) is 18.4. The van der Waals surface area contributed by atoms with Crippen molar-refractivity contribution in [3.63, 3.8) is 0 Å². The van der Waals surface area contributed by atoms with Gasteiger partial charge in [-0.25, -0.2) is 0 Å². The van der Waals surface area contributed by atoms with Gasteiger partial charge >= 0.3 is 0 Å². The number of hydrogen-bond acceptors (Lipinski definition) is 3. The molecule has 5 rings (SSSR count). The van der Waals surface area contributed by atoms with Gasteiger partial charge in [-0.3, -0.25) is 4.79 Å². The number of nitrogens with zero attached hydrogens (tertiary/aromatic N) is 1. The van der Waals surface area contributed by atoms with Crippen LogP contribution in [0.1, 0.15) is 39.9 Å². The van der Waals surface area contributed by atoms with Crippen LogP contribution in [-0.2, 0) is 12.8 Å². The summed E-state index contributed by atoms with van der Waals surface area (Å²) in [7, 11) is 0. The lowest BCUT2D eigenvalue weighted by atomic mass is 9.89. The predicted molar refractivity (Wildman–Crippen MR) is 122 cm³/mol. The number of fused-ring (bicyclic) bond motifs is 4. The number of carbonyl (C=O) groups excluding carboxylic acids is 1. The van der Waals surface area contributed by atoms with Crippen LogP contribution in [-0.4, -0.2) is 12.1 Å². The summed E-state index contributed by atoms with van der Waals surface area (Å²) in [6.45, 7) is 0. The van der Waals surface area contributed by atoms with E-state index in [0.717, 1.165) is 17.7 Å². The van der Waals surface area contributed by atoms with Gasteiger partial charge in [0.1, 0.15) is 0 Å². The van der Waals surface area contributed by atoms with Crippen molar-refractivity contribution in [2.75, 3.05) is 5.32 Å². The highest BCUT2D eigenvalue weighted by Crippen LogP contribution is 2.18. The zero-order valence-corrected chi connectivity index (χ0v) is 16.7. The first-order valence-electron chi connectivity index (χ1n) is 10.3. The van der Waals surface area contributed by atoms with E-state index in [-0.39, 0.29) is 5.91 Å². The Morgan fingerprint density at radius 3 is 2.60 bits per heavy atom. The normalized spacial score (nSPS) is 14.1. The van der Waals surface area contributed by atoms with Crippen LogP contribution in [0.15, 0.2) is 59.7 Å². The molecule has 0 saturated heterocycles. The quantitative estimate of drug-likeness (QED) is 0.408. The molecule has 3 aromatic rings. The molecule has 1 amide bonds. The SMILES string of the molecule is NN=Cc1ccc(C(=O)Nc2ccc3c(c2)=CCc2c4c(ccc2=3)=CCCC4)cc1. The Hall–Kier alpha value is -3.66. The molecule has 0 atom stereocenters. The Morgan fingerprint density at radius 1 is 0.933 bits per heavy atom. The van der Waals surface area contributed by atoms with Crippen LogP contribution in [0.5, 0.6) is 0 Å². The number of anilines is 1. The van der Waals surface area contributed by atoms with Crippen LogP contribution in [0, 0.1) is 10.4 Å². The third-order valence-corrected chi connectivity index (χ3v) is 5.98. The van der Waals surface area contributed by atoms with Gasteiger partial charge in [0.05, 0.1) is 6.21 Å². The van der Waals surface area contributed by atoms with Crippen molar-refractivity contribution in [2.45, 2.75) is 25.7 Å². The molecule has 4 heteroatoms. The van der Waals surface area contributed by atoms with Crippen molar-refractivity contribution in [1.29, 1.82) is 0 Å². The third kappa shape index (κ3) is 3.30. The first-order chi connectivity index (χ1) is 14.7. The van der Waals surface area contributed by atoms with E-state index in [1.54, 1.807) is 18.3 Å². The molecule has 148 valence electrons. The van der Waals surface area contributed by atoms with Gasteiger partial charge in [-0.2, -0.15) is 5.10 Å². The molecule has 0 aliphatic heterocycles. The standard InChI is InChI=1S/C26H23N3O/c27-28-16-17-5-7-19(8-6-17)26(30)29-21-11-14-23-20(15-21)10-13-24-22-4-2-1-3-18(22)9-12-25(23)24/h3,5-12,14-16H,1-2,4,13,27H2,(H,29,30). The van der Waals surface area contributed by atoms with E-state index >= 15 is 0 Å². The van der Waals surface area contributed by atoms with E-state index in [1.165, 1.54) is 51.3 Å². The second-order valence-corrected chi connectivity index (χ2v) is 7.82. The Balaban J connectivity index is 1.49. The molecule has 0 unspecified atom stereocenters. The molecule has 2 aliphatic carbocycles. The van der Waals surface area contributed by atoms with Gasteiger partial charge in [0, 0.05) is 11.3 Å². The summed E-state index contributed by atoms with van der Waals surface area (Å²) >= 11 is 0. The van der Waals surface area contributed by atoms with Gasteiger partial charge in [-0.1, -0.05) is 42.5 Å². The minimum absolute atomic E-state index is 0.132. The monoisotopic (exact) mass is 393 g/mol. The Labute approximate surface area is 174 Å².